The molecule has 0 fully saturated rings. The van der Waals surface area contributed by atoms with Crippen molar-refractivity contribution >= 4 is 39.4 Å². The van der Waals surface area contributed by atoms with Gasteiger partial charge in [-0.05, 0) is 30.3 Å². The average molecular weight is 432 g/mol. The van der Waals surface area contributed by atoms with Crippen LogP contribution in [-0.4, -0.2) is 34.8 Å². The third-order valence-electron chi connectivity index (χ3n) is 5.02. The molecule has 1 amide bonds. The van der Waals surface area contributed by atoms with Crippen LogP contribution < -0.4 is 14.8 Å². The molecule has 4 aromatic rings. The van der Waals surface area contributed by atoms with Crippen LogP contribution in [0.3, 0.4) is 0 Å². The summed E-state index contributed by atoms with van der Waals surface area (Å²) in [4.78, 5) is 22.6. The van der Waals surface area contributed by atoms with Gasteiger partial charge in [0.25, 0.3) is 0 Å². The van der Waals surface area contributed by atoms with E-state index in [4.69, 9.17) is 9.47 Å². The number of carbonyl (C=O) groups excluding carboxylic acids is 1. The number of rotatable bonds is 9. The van der Waals surface area contributed by atoms with E-state index in [9.17, 15) is 14.7 Å². The highest BCUT2D eigenvalue weighted by Crippen LogP contribution is 2.31. The molecule has 2 N–H and O–H groups in total. The van der Waals surface area contributed by atoms with Gasteiger partial charge in [-0.2, -0.15) is 0 Å². The van der Waals surface area contributed by atoms with Crippen LogP contribution in [0.1, 0.15) is 13.3 Å². The maximum Gasteiger partial charge on any atom is 0.323 e. The van der Waals surface area contributed by atoms with Gasteiger partial charge in [0.2, 0.25) is 5.91 Å². The van der Waals surface area contributed by atoms with Gasteiger partial charge in [0.15, 0.2) is 0 Å². The fourth-order valence-corrected chi connectivity index (χ4v) is 3.73. The second-order valence-corrected chi connectivity index (χ2v) is 7.44. The summed E-state index contributed by atoms with van der Waals surface area (Å²) in [5, 5.41) is 14.1. The monoisotopic (exact) mass is 432 g/mol. The molecule has 0 saturated heterocycles. The Bertz CT molecular complexity index is 1280. The minimum Gasteiger partial charge on any atom is -0.493 e. The topological polar surface area (TPSA) is 89.8 Å². The van der Waals surface area contributed by atoms with Gasteiger partial charge in [-0.15, -0.1) is 0 Å². The van der Waals surface area contributed by atoms with E-state index in [2.05, 4.69) is 5.32 Å². The number of carboxylic acids is 1. The predicted octanol–water partition coefficient (Wildman–Crippen LogP) is 4.69. The summed E-state index contributed by atoms with van der Waals surface area (Å²) in [5.41, 5.74) is 2.41. The smallest absolute Gasteiger partial charge is 0.323 e. The number of ether oxygens (including phenoxy) is 2. The van der Waals surface area contributed by atoms with Crippen molar-refractivity contribution in [3.05, 3.63) is 66.7 Å². The summed E-state index contributed by atoms with van der Waals surface area (Å²) in [6.07, 6.45) is 0.667. The zero-order valence-corrected chi connectivity index (χ0v) is 17.7. The number of nitrogens with zero attached hydrogens (tertiary/aromatic N) is 1. The molecule has 0 atom stereocenters. The normalized spacial score (nSPS) is 10.9. The lowest BCUT2D eigenvalue weighted by atomic mass is 10.1. The van der Waals surface area contributed by atoms with Crippen LogP contribution in [0.2, 0.25) is 0 Å². The molecule has 0 aliphatic rings. The molecule has 0 radical (unpaired) electrons. The zero-order chi connectivity index (χ0) is 22.5. The first-order valence-electron chi connectivity index (χ1n) is 10.4. The molecule has 1 aromatic heterocycles. The van der Waals surface area contributed by atoms with Crippen LogP contribution in [0.5, 0.6) is 11.5 Å². The van der Waals surface area contributed by atoms with Gasteiger partial charge in [-0.25, -0.2) is 0 Å². The van der Waals surface area contributed by atoms with E-state index in [0.29, 0.717) is 36.8 Å². The highest BCUT2D eigenvalue weighted by atomic mass is 16.5. The number of carbonyl (C=O) groups is 2. The SMILES string of the molecule is CC(=O)Nc1cccc(OCCCOc2ccc3c4ccccc4n(CC(=O)O)c3c2)c1. The number of hydrogen-bond acceptors (Lipinski definition) is 4. The summed E-state index contributed by atoms with van der Waals surface area (Å²) in [6.45, 7) is 2.27. The third kappa shape index (κ3) is 4.83. The zero-order valence-electron chi connectivity index (χ0n) is 17.7. The number of aliphatic carboxylic acids is 1. The van der Waals surface area contributed by atoms with Crippen LogP contribution in [0.4, 0.5) is 5.69 Å². The Morgan fingerprint density at radius 3 is 2.34 bits per heavy atom. The summed E-state index contributed by atoms with van der Waals surface area (Å²) in [5.74, 6) is 0.337. The molecule has 0 spiro atoms. The van der Waals surface area contributed by atoms with Crippen molar-refractivity contribution in [1.82, 2.24) is 4.57 Å². The van der Waals surface area contributed by atoms with Gasteiger partial charge in [0.05, 0.1) is 18.7 Å². The van der Waals surface area contributed by atoms with Gasteiger partial charge in [0.1, 0.15) is 18.0 Å². The number of nitrogens with one attached hydrogen (secondary N) is 1. The highest BCUT2D eigenvalue weighted by Gasteiger charge is 2.13. The van der Waals surface area contributed by atoms with E-state index in [1.165, 1.54) is 6.92 Å². The fraction of sp³-hybridized carbons (Fsp3) is 0.200. The van der Waals surface area contributed by atoms with Crippen molar-refractivity contribution < 1.29 is 24.2 Å². The van der Waals surface area contributed by atoms with Crippen LogP contribution in [-0.2, 0) is 16.1 Å². The Balaban J connectivity index is 1.39. The van der Waals surface area contributed by atoms with E-state index in [0.717, 1.165) is 21.8 Å². The Morgan fingerprint density at radius 2 is 1.59 bits per heavy atom. The number of hydrogen-bond donors (Lipinski definition) is 2. The Hall–Kier alpha value is -4.00. The van der Waals surface area contributed by atoms with E-state index in [1.807, 2.05) is 54.6 Å². The number of para-hydroxylation sites is 1. The molecule has 164 valence electrons. The molecule has 0 aliphatic heterocycles. The maximum atomic E-state index is 11.4. The summed E-state index contributed by atoms with van der Waals surface area (Å²) < 4.78 is 13.4. The first kappa shape index (κ1) is 21.2. The Kier molecular flexibility index (Phi) is 6.26. The van der Waals surface area contributed by atoms with Crippen LogP contribution >= 0.6 is 0 Å². The molecule has 0 bridgehead atoms. The number of carboxylic acid groups (broad SMARTS) is 1. The number of amides is 1. The second kappa shape index (κ2) is 9.43. The van der Waals surface area contributed by atoms with Crippen molar-refractivity contribution in [3.8, 4) is 11.5 Å². The number of benzene rings is 3. The molecule has 4 rings (SSSR count). The van der Waals surface area contributed by atoms with Crippen molar-refractivity contribution in [2.45, 2.75) is 19.9 Å². The van der Waals surface area contributed by atoms with E-state index in [1.54, 1.807) is 16.7 Å². The van der Waals surface area contributed by atoms with E-state index >= 15 is 0 Å². The quantitative estimate of drug-likeness (QED) is 0.375. The Morgan fingerprint density at radius 1 is 0.875 bits per heavy atom. The molecule has 0 saturated carbocycles. The molecular formula is C25H24N2O5. The number of anilines is 1. The predicted molar refractivity (Wildman–Crippen MR) is 123 cm³/mol. The molecule has 1 heterocycles. The van der Waals surface area contributed by atoms with Crippen LogP contribution in [0.25, 0.3) is 21.8 Å². The summed E-state index contributed by atoms with van der Waals surface area (Å²) in [7, 11) is 0. The van der Waals surface area contributed by atoms with Crippen molar-refractivity contribution in [3.63, 3.8) is 0 Å². The summed E-state index contributed by atoms with van der Waals surface area (Å²) >= 11 is 0. The maximum absolute atomic E-state index is 11.4. The minimum absolute atomic E-state index is 0.112. The van der Waals surface area contributed by atoms with Crippen LogP contribution in [0, 0.1) is 0 Å². The first-order valence-corrected chi connectivity index (χ1v) is 10.4. The lowest BCUT2D eigenvalue weighted by Crippen LogP contribution is -2.08. The molecule has 7 nitrogen and oxygen atoms in total. The van der Waals surface area contributed by atoms with Crippen molar-refractivity contribution in [2.24, 2.45) is 0 Å². The van der Waals surface area contributed by atoms with Gasteiger partial charge in [-0.3, -0.25) is 9.59 Å². The first-order chi connectivity index (χ1) is 15.5. The van der Waals surface area contributed by atoms with Gasteiger partial charge in [-0.1, -0.05) is 24.3 Å². The summed E-state index contributed by atoms with van der Waals surface area (Å²) in [6, 6.07) is 20.8. The Labute approximate surface area is 185 Å². The van der Waals surface area contributed by atoms with Gasteiger partial charge in [0, 0.05) is 47.5 Å². The third-order valence-corrected chi connectivity index (χ3v) is 5.02. The molecule has 0 unspecified atom stereocenters. The van der Waals surface area contributed by atoms with Gasteiger partial charge >= 0.3 is 5.97 Å². The highest BCUT2D eigenvalue weighted by molar-refractivity contribution is 6.08. The van der Waals surface area contributed by atoms with Gasteiger partial charge < -0.3 is 24.5 Å². The second-order valence-electron chi connectivity index (χ2n) is 7.44. The van der Waals surface area contributed by atoms with E-state index in [-0.39, 0.29) is 12.5 Å². The van der Waals surface area contributed by atoms with Crippen LogP contribution in [0.15, 0.2) is 66.7 Å². The molecular weight excluding hydrogens is 408 g/mol. The number of aromatic nitrogens is 1. The molecule has 0 aliphatic carbocycles. The molecule has 3 aromatic carbocycles. The lowest BCUT2D eigenvalue weighted by molar-refractivity contribution is -0.137. The largest absolute Gasteiger partial charge is 0.493 e. The fourth-order valence-electron chi connectivity index (χ4n) is 3.73. The molecule has 7 heteroatoms. The molecule has 32 heavy (non-hydrogen) atoms. The van der Waals surface area contributed by atoms with Crippen molar-refractivity contribution in [1.29, 1.82) is 0 Å². The standard InChI is InChI=1S/C25H24N2O5/c1-17(28)26-18-6-4-7-19(14-18)31-12-5-13-32-20-10-11-22-21-8-2-3-9-23(21)27(16-25(29)30)24(22)15-20/h2-4,6-11,14-15H,5,12-13,16H2,1H3,(H,26,28)(H,29,30). The van der Waals surface area contributed by atoms with Crippen molar-refractivity contribution in [2.75, 3.05) is 18.5 Å². The van der Waals surface area contributed by atoms with E-state index < -0.39 is 5.97 Å². The average Bonchev–Trinajstić information content (AvgIpc) is 3.06. The minimum atomic E-state index is -0.890. The number of fused-ring (bicyclic) bond motifs is 3. The lowest BCUT2D eigenvalue weighted by Gasteiger charge is -2.10.